The Morgan fingerprint density at radius 1 is 1.23 bits per heavy atom. The van der Waals surface area contributed by atoms with Gasteiger partial charge in [-0.15, -0.1) is 10.2 Å². The fourth-order valence-corrected chi connectivity index (χ4v) is 2.21. The molecule has 0 atom stereocenters. The van der Waals surface area contributed by atoms with E-state index in [1.807, 2.05) is 0 Å². The highest BCUT2D eigenvalue weighted by Crippen LogP contribution is 2.35. The first-order valence-electron chi connectivity index (χ1n) is 6.26. The van der Waals surface area contributed by atoms with Gasteiger partial charge in [0.1, 0.15) is 5.82 Å². The summed E-state index contributed by atoms with van der Waals surface area (Å²) in [4.78, 5) is 14.5. The summed E-state index contributed by atoms with van der Waals surface area (Å²) in [5, 5.41) is 18.0. The lowest BCUT2D eigenvalue weighted by Crippen LogP contribution is -1.92. The molecule has 0 unspecified atom stereocenters. The second-order valence-corrected chi connectivity index (χ2v) is 4.96. The van der Waals surface area contributed by atoms with Crippen LogP contribution in [0.15, 0.2) is 52.7 Å². The molecule has 0 aliphatic carbocycles. The first-order valence-corrected chi connectivity index (χ1v) is 6.64. The van der Waals surface area contributed by atoms with Gasteiger partial charge < -0.3 is 10.1 Å². The largest absolute Gasteiger partial charge is 0.493 e. The van der Waals surface area contributed by atoms with E-state index in [2.05, 4.69) is 15.2 Å². The third kappa shape index (κ3) is 2.68. The van der Waals surface area contributed by atoms with Crippen LogP contribution in [0.25, 0.3) is 10.9 Å². The van der Waals surface area contributed by atoms with Crippen LogP contribution in [0.4, 0.5) is 10.1 Å². The van der Waals surface area contributed by atoms with Crippen LogP contribution in [0.3, 0.4) is 0 Å². The lowest BCUT2D eigenvalue weighted by molar-refractivity contribution is 0.0995. The van der Waals surface area contributed by atoms with Gasteiger partial charge in [0.05, 0.1) is 5.52 Å². The minimum atomic E-state index is -0.599. The average Bonchev–Trinajstić information content (AvgIpc) is 2.79. The molecule has 0 spiro atoms. The fraction of sp³-hybridized carbons (Fsp3) is 0. The molecule has 0 bridgehead atoms. The zero-order chi connectivity index (χ0) is 15.7. The third-order valence-corrected chi connectivity index (χ3v) is 3.26. The molecule has 1 amide bonds. The van der Waals surface area contributed by atoms with E-state index in [9.17, 15) is 14.3 Å². The third-order valence-electron chi connectivity index (χ3n) is 3.03. The Labute approximate surface area is 129 Å². The van der Waals surface area contributed by atoms with Crippen LogP contribution in [-0.2, 0) is 0 Å². The molecule has 5 nitrogen and oxygen atoms in total. The summed E-state index contributed by atoms with van der Waals surface area (Å²) in [6.45, 7) is 0. The molecular formula is C15H9ClFN3O2. The number of H-pyrrole nitrogens is 1. The van der Waals surface area contributed by atoms with Gasteiger partial charge in [-0.2, -0.15) is 0 Å². The SMILES string of the molecule is O=C(N=Nc1c(O)[nH]c2cc(F)ccc12)c1cccc(Cl)c1. The van der Waals surface area contributed by atoms with Crippen LogP contribution in [-0.4, -0.2) is 16.0 Å². The molecule has 0 fully saturated rings. The minimum absolute atomic E-state index is 0.0744. The van der Waals surface area contributed by atoms with Gasteiger partial charge in [0.15, 0.2) is 5.69 Å². The summed E-state index contributed by atoms with van der Waals surface area (Å²) in [7, 11) is 0. The van der Waals surface area contributed by atoms with Crippen LogP contribution in [0, 0.1) is 5.82 Å². The Hall–Kier alpha value is -2.73. The summed E-state index contributed by atoms with van der Waals surface area (Å²) in [6.07, 6.45) is 0. The molecule has 7 heteroatoms. The first-order chi connectivity index (χ1) is 10.5. The molecule has 2 aromatic carbocycles. The summed E-state index contributed by atoms with van der Waals surface area (Å²) >= 11 is 5.80. The maximum absolute atomic E-state index is 13.1. The number of amides is 1. The van der Waals surface area contributed by atoms with Crippen molar-refractivity contribution in [2.24, 2.45) is 10.2 Å². The fourth-order valence-electron chi connectivity index (χ4n) is 2.02. The van der Waals surface area contributed by atoms with Crippen molar-refractivity contribution >= 4 is 34.1 Å². The van der Waals surface area contributed by atoms with Gasteiger partial charge in [-0.05, 0) is 36.4 Å². The minimum Gasteiger partial charge on any atom is -0.493 e. The van der Waals surface area contributed by atoms with Crippen LogP contribution in [0.2, 0.25) is 5.02 Å². The Bertz CT molecular complexity index is 905. The molecule has 22 heavy (non-hydrogen) atoms. The number of carbonyl (C=O) groups excluding carboxylic acids is 1. The Morgan fingerprint density at radius 3 is 2.82 bits per heavy atom. The number of hydrogen-bond acceptors (Lipinski definition) is 3. The predicted molar refractivity (Wildman–Crippen MR) is 80.2 cm³/mol. The van der Waals surface area contributed by atoms with Gasteiger partial charge in [-0.3, -0.25) is 4.79 Å². The number of carbonyl (C=O) groups is 1. The molecular weight excluding hydrogens is 309 g/mol. The topological polar surface area (TPSA) is 77.8 Å². The number of fused-ring (bicyclic) bond motifs is 1. The smallest absolute Gasteiger partial charge is 0.295 e. The molecule has 1 aromatic heterocycles. The van der Waals surface area contributed by atoms with E-state index < -0.39 is 11.7 Å². The number of halogens is 2. The van der Waals surface area contributed by atoms with E-state index in [-0.39, 0.29) is 17.1 Å². The highest BCUT2D eigenvalue weighted by atomic mass is 35.5. The molecule has 2 N–H and O–H groups in total. The van der Waals surface area contributed by atoms with Crippen molar-refractivity contribution < 1.29 is 14.3 Å². The van der Waals surface area contributed by atoms with Gasteiger partial charge in [-0.1, -0.05) is 17.7 Å². The number of nitrogens with zero attached hydrogens (tertiary/aromatic N) is 2. The maximum Gasteiger partial charge on any atom is 0.295 e. The predicted octanol–water partition coefficient (Wildman–Crippen LogP) is 4.59. The molecule has 3 rings (SSSR count). The number of aromatic amines is 1. The average molecular weight is 318 g/mol. The van der Waals surface area contributed by atoms with Gasteiger partial charge in [0, 0.05) is 16.0 Å². The Morgan fingerprint density at radius 2 is 2.05 bits per heavy atom. The summed E-state index contributed by atoms with van der Waals surface area (Å²) in [5.41, 5.74) is 0.716. The van der Waals surface area contributed by atoms with Gasteiger partial charge in [0.2, 0.25) is 5.88 Å². The molecule has 0 saturated heterocycles. The lowest BCUT2D eigenvalue weighted by Gasteiger charge is -1.95. The highest BCUT2D eigenvalue weighted by molar-refractivity contribution is 6.30. The van der Waals surface area contributed by atoms with Crippen molar-refractivity contribution in [2.75, 3.05) is 0 Å². The van der Waals surface area contributed by atoms with Crippen LogP contribution in [0.1, 0.15) is 10.4 Å². The second kappa shape index (κ2) is 5.57. The molecule has 3 aromatic rings. The summed E-state index contributed by atoms with van der Waals surface area (Å²) < 4.78 is 13.1. The number of hydrogen-bond donors (Lipinski definition) is 2. The van der Waals surface area contributed by atoms with Gasteiger partial charge in [-0.25, -0.2) is 4.39 Å². The normalized spacial score (nSPS) is 11.4. The lowest BCUT2D eigenvalue weighted by atomic mass is 10.2. The molecule has 0 aliphatic rings. The van der Waals surface area contributed by atoms with E-state index in [0.717, 1.165) is 0 Å². The molecule has 1 heterocycles. The zero-order valence-corrected chi connectivity index (χ0v) is 11.8. The summed E-state index contributed by atoms with van der Waals surface area (Å²) in [6, 6.07) is 10.2. The van der Waals surface area contributed by atoms with E-state index in [0.29, 0.717) is 15.9 Å². The van der Waals surface area contributed by atoms with E-state index in [1.54, 1.807) is 18.2 Å². The van der Waals surface area contributed by atoms with E-state index in [1.165, 1.54) is 24.3 Å². The monoisotopic (exact) mass is 317 g/mol. The Kier molecular flexibility index (Phi) is 3.60. The van der Waals surface area contributed by atoms with Crippen molar-refractivity contribution in [1.29, 1.82) is 0 Å². The van der Waals surface area contributed by atoms with Gasteiger partial charge >= 0.3 is 0 Å². The number of nitrogens with one attached hydrogen (secondary N) is 1. The number of aromatic hydroxyl groups is 1. The molecule has 0 radical (unpaired) electrons. The quantitative estimate of drug-likeness (QED) is 0.678. The van der Waals surface area contributed by atoms with E-state index in [4.69, 9.17) is 11.6 Å². The van der Waals surface area contributed by atoms with Crippen molar-refractivity contribution in [3.63, 3.8) is 0 Å². The summed E-state index contributed by atoms with van der Waals surface area (Å²) in [5.74, 6) is -1.34. The first kappa shape index (κ1) is 14.2. The zero-order valence-electron chi connectivity index (χ0n) is 11.0. The van der Waals surface area contributed by atoms with Crippen LogP contribution in [0.5, 0.6) is 5.88 Å². The number of azo groups is 1. The van der Waals surface area contributed by atoms with Crippen molar-refractivity contribution in [2.45, 2.75) is 0 Å². The standard InChI is InChI=1S/C15H9ClFN3O2/c16-9-3-1-2-8(6-9)14(21)20-19-13-11-5-4-10(17)7-12(11)18-15(13)22/h1-7,18,22H. The van der Waals surface area contributed by atoms with Crippen molar-refractivity contribution in [1.82, 2.24) is 4.98 Å². The van der Waals surface area contributed by atoms with Crippen LogP contribution >= 0.6 is 11.6 Å². The van der Waals surface area contributed by atoms with Crippen molar-refractivity contribution in [3.8, 4) is 5.88 Å². The number of rotatable bonds is 2. The van der Waals surface area contributed by atoms with Gasteiger partial charge in [0.25, 0.3) is 5.91 Å². The highest BCUT2D eigenvalue weighted by Gasteiger charge is 2.12. The maximum atomic E-state index is 13.1. The Balaban J connectivity index is 1.96. The van der Waals surface area contributed by atoms with Crippen molar-refractivity contribution in [3.05, 3.63) is 58.9 Å². The number of aromatic nitrogens is 1. The molecule has 110 valence electrons. The van der Waals surface area contributed by atoms with E-state index >= 15 is 0 Å². The van der Waals surface area contributed by atoms with Crippen LogP contribution < -0.4 is 0 Å². The molecule has 0 saturated carbocycles. The second-order valence-electron chi connectivity index (χ2n) is 4.53. The number of benzene rings is 2. The molecule has 0 aliphatic heterocycles.